The van der Waals surface area contributed by atoms with Crippen LogP contribution in [0.5, 0.6) is 0 Å². The lowest BCUT2D eigenvalue weighted by Crippen LogP contribution is -2.47. The van der Waals surface area contributed by atoms with Crippen molar-refractivity contribution in [2.75, 3.05) is 20.1 Å². The average Bonchev–Trinajstić information content (AvgIpc) is 2.22. The van der Waals surface area contributed by atoms with Gasteiger partial charge in [0, 0.05) is 6.54 Å². The van der Waals surface area contributed by atoms with E-state index < -0.39 is 6.04 Å². The van der Waals surface area contributed by atoms with Crippen LogP contribution in [-0.2, 0) is 9.59 Å². The molecule has 0 aliphatic heterocycles. The van der Waals surface area contributed by atoms with Crippen LogP contribution in [0.2, 0.25) is 0 Å². The number of nitrogens with one attached hydrogen (secondary N) is 1. The van der Waals surface area contributed by atoms with E-state index in [9.17, 15) is 9.59 Å². The Kier molecular flexibility index (Phi) is 7.78. The lowest BCUT2D eigenvalue weighted by atomic mass is 10.0. The second-order valence-corrected chi connectivity index (χ2v) is 5.28. The molecule has 0 aromatic carbocycles. The van der Waals surface area contributed by atoms with Crippen molar-refractivity contribution >= 4 is 11.7 Å². The number of carbonyl (C=O) groups excluding carboxylic acids is 2. The first kappa shape index (κ1) is 17.1. The molecule has 0 aromatic heterocycles. The molecule has 0 spiro atoms. The Morgan fingerprint density at radius 3 is 2.22 bits per heavy atom. The molecule has 5 nitrogen and oxygen atoms in total. The van der Waals surface area contributed by atoms with Gasteiger partial charge in [0.15, 0.2) is 5.78 Å². The van der Waals surface area contributed by atoms with Gasteiger partial charge in [0.2, 0.25) is 5.91 Å². The minimum absolute atomic E-state index is 0.0232. The Morgan fingerprint density at radius 2 is 1.83 bits per heavy atom. The highest BCUT2D eigenvalue weighted by Crippen LogP contribution is 2.02. The van der Waals surface area contributed by atoms with Gasteiger partial charge in [0.1, 0.15) is 0 Å². The maximum absolute atomic E-state index is 11.7. The lowest BCUT2D eigenvalue weighted by molar-refractivity contribution is -0.128. The van der Waals surface area contributed by atoms with Crippen molar-refractivity contribution in [3.8, 4) is 0 Å². The van der Waals surface area contributed by atoms with E-state index >= 15 is 0 Å². The van der Waals surface area contributed by atoms with Crippen molar-refractivity contribution in [2.45, 2.75) is 46.3 Å². The second-order valence-electron chi connectivity index (χ2n) is 5.28. The molecular weight excluding hydrogens is 232 g/mol. The first-order valence-corrected chi connectivity index (χ1v) is 6.40. The van der Waals surface area contributed by atoms with Gasteiger partial charge in [-0.3, -0.25) is 14.5 Å². The summed E-state index contributed by atoms with van der Waals surface area (Å²) >= 11 is 0. The van der Waals surface area contributed by atoms with Crippen LogP contribution in [0.4, 0.5) is 0 Å². The molecule has 0 rings (SSSR count). The molecule has 0 aromatic rings. The highest BCUT2D eigenvalue weighted by atomic mass is 16.3. The van der Waals surface area contributed by atoms with E-state index in [0.29, 0.717) is 13.0 Å². The molecule has 5 heteroatoms. The number of rotatable bonds is 8. The van der Waals surface area contributed by atoms with Crippen LogP contribution in [0.25, 0.3) is 0 Å². The average molecular weight is 258 g/mol. The molecular formula is C13H26N2O3. The molecule has 2 unspecified atom stereocenters. The van der Waals surface area contributed by atoms with Gasteiger partial charge in [-0.05, 0) is 33.2 Å². The van der Waals surface area contributed by atoms with Crippen molar-refractivity contribution in [1.82, 2.24) is 10.2 Å². The minimum atomic E-state index is -0.414. The molecule has 2 N–H and O–H groups in total. The van der Waals surface area contributed by atoms with E-state index in [1.54, 1.807) is 6.92 Å². The maximum atomic E-state index is 11.7. The van der Waals surface area contributed by atoms with Crippen molar-refractivity contribution in [1.29, 1.82) is 0 Å². The number of aliphatic hydroxyl groups is 1. The number of ketones is 1. The quantitative estimate of drug-likeness (QED) is 0.662. The fourth-order valence-electron chi connectivity index (χ4n) is 1.69. The SMILES string of the molecule is CC(=O)C(NC(=O)CN(C)CCC(C)O)C(C)C. The second kappa shape index (κ2) is 8.21. The molecule has 106 valence electrons. The highest BCUT2D eigenvalue weighted by Gasteiger charge is 2.20. The number of carbonyl (C=O) groups is 2. The van der Waals surface area contributed by atoms with Gasteiger partial charge >= 0.3 is 0 Å². The summed E-state index contributed by atoms with van der Waals surface area (Å²) in [5, 5.41) is 11.9. The Labute approximate surface area is 110 Å². The summed E-state index contributed by atoms with van der Waals surface area (Å²) in [5.41, 5.74) is 0. The van der Waals surface area contributed by atoms with Gasteiger partial charge in [0.25, 0.3) is 0 Å². The molecule has 1 amide bonds. The molecule has 0 bridgehead atoms. The molecule has 0 fully saturated rings. The van der Waals surface area contributed by atoms with Crippen LogP contribution in [0.1, 0.15) is 34.1 Å². The van der Waals surface area contributed by atoms with Crippen molar-refractivity contribution in [3.63, 3.8) is 0 Å². The van der Waals surface area contributed by atoms with Crippen LogP contribution in [0.3, 0.4) is 0 Å². The van der Waals surface area contributed by atoms with Crippen LogP contribution < -0.4 is 5.32 Å². The standard InChI is InChI=1S/C13H26N2O3/c1-9(2)13(11(4)17)14-12(18)8-15(5)7-6-10(3)16/h9-10,13,16H,6-8H2,1-5H3,(H,14,18). The summed E-state index contributed by atoms with van der Waals surface area (Å²) in [6.07, 6.45) is 0.264. The van der Waals surface area contributed by atoms with Gasteiger partial charge in [-0.1, -0.05) is 13.8 Å². The molecule has 0 radical (unpaired) electrons. The van der Waals surface area contributed by atoms with Crippen LogP contribution >= 0.6 is 0 Å². The normalized spacial score (nSPS) is 14.7. The summed E-state index contributed by atoms with van der Waals surface area (Å²) in [6, 6.07) is -0.414. The Morgan fingerprint density at radius 1 is 1.28 bits per heavy atom. The third-order valence-electron chi connectivity index (χ3n) is 2.76. The summed E-state index contributed by atoms with van der Waals surface area (Å²) < 4.78 is 0. The van der Waals surface area contributed by atoms with Crippen molar-refractivity contribution in [3.05, 3.63) is 0 Å². The van der Waals surface area contributed by atoms with E-state index in [-0.39, 0.29) is 30.3 Å². The number of aliphatic hydroxyl groups excluding tert-OH is 1. The van der Waals surface area contributed by atoms with E-state index in [1.807, 2.05) is 25.8 Å². The smallest absolute Gasteiger partial charge is 0.234 e. The monoisotopic (exact) mass is 258 g/mol. The first-order valence-electron chi connectivity index (χ1n) is 6.40. The number of amides is 1. The van der Waals surface area contributed by atoms with Gasteiger partial charge < -0.3 is 10.4 Å². The molecule has 0 saturated carbocycles. The van der Waals surface area contributed by atoms with Gasteiger partial charge in [0.05, 0.1) is 18.7 Å². The predicted octanol–water partition coefficient (Wildman–Crippen LogP) is 0.419. The summed E-state index contributed by atoms with van der Waals surface area (Å²) in [4.78, 5) is 24.9. The van der Waals surface area contributed by atoms with Crippen LogP contribution in [0, 0.1) is 5.92 Å². The third-order valence-corrected chi connectivity index (χ3v) is 2.76. The van der Waals surface area contributed by atoms with E-state index in [0.717, 1.165) is 0 Å². The predicted molar refractivity (Wildman–Crippen MR) is 71.2 cm³/mol. The Balaban J connectivity index is 4.12. The van der Waals surface area contributed by atoms with E-state index in [1.165, 1.54) is 6.92 Å². The fraction of sp³-hybridized carbons (Fsp3) is 0.846. The van der Waals surface area contributed by atoms with Crippen molar-refractivity contribution in [2.24, 2.45) is 5.92 Å². The van der Waals surface area contributed by atoms with Crippen molar-refractivity contribution < 1.29 is 14.7 Å². The summed E-state index contributed by atoms with van der Waals surface area (Å²) in [7, 11) is 1.82. The number of Topliss-reactive ketones (excluding diaryl/α,β-unsaturated/α-hetero) is 1. The molecule has 0 heterocycles. The number of hydrogen-bond acceptors (Lipinski definition) is 4. The first-order chi connectivity index (χ1) is 8.23. The summed E-state index contributed by atoms with van der Waals surface area (Å²) in [5.74, 6) is -0.0869. The minimum Gasteiger partial charge on any atom is -0.393 e. The third kappa shape index (κ3) is 7.40. The van der Waals surface area contributed by atoms with Crippen LogP contribution in [0.15, 0.2) is 0 Å². The lowest BCUT2D eigenvalue weighted by Gasteiger charge is -2.22. The number of nitrogens with zero attached hydrogens (tertiary/aromatic N) is 1. The zero-order valence-corrected chi connectivity index (χ0v) is 12.1. The van der Waals surface area contributed by atoms with Gasteiger partial charge in [-0.2, -0.15) is 0 Å². The summed E-state index contributed by atoms with van der Waals surface area (Å²) in [6.45, 7) is 7.91. The Hall–Kier alpha value is -0.940. The van der Waals surface area contributed by atoms with Gasteiger partial charge in [-0.15, -0.1) is 0 Å². The number of likely N-dealkylation sites (N-methyl/N-ethyl adjacent to an activating group) is 1. The largest absolute Gasteiger partial charge is 0.393 e. The van der Waals surface area contributed by atoms with E-state index in [4.69, 9.17) is 5.11 Å². The van der Waals surface area contributed by atoms with Crippen LogP contribution in [-0.4, -0.2) is 54.0 Å². The zero-order valence-electron chi connectivity index (χ0n) is 12.1. The topological polar surface area (TPSA) is 69.6 Å². The zero-order chi connectivity index (χ0) is 14.3. The fourth-order valence-corrected chi connectivity index (χ4v) is 1.69. The molecule has 0 saturated heterocycles. The molecule has 0 aliphatic carbocycles. The highest BCUT2D eigenvalue weighted by molar-refractivity contribution is 5.88. The number of hydrogen-bond donors (Lipinski definition) is 2. The van der Waals surface area contributed by atoms with E-state index in [2.05, 4.69) is 5.32 Å². The van der Waals surface area contributed by atoms with Gasteiger partial charge in [-0.25, -0.2) is 0 Å². The maximum Gasteiger partial charge on any atom is 0.234 e. The molecule has 0 aliphatic rings. The Bertz CT molecular complexity index is 277. The molecule has 18 heavy (non-hydrogen) atoms. The molecule has 2 atom stereocenters.